The summed E-state index contributed by atoms with van der Waals surface area (Å²) in [6.07, 6.45) is 0.380. The fraction of sp³-hybridized carbons (Fsp3) is 0.750. The second kappa shape index (κ2) is 7.74. The summed E-state index contributed by atoms with van der Waals surface area (Å²) in [5.41, 5.74) is 1.66. The Hall–Kier alpha value is -1.40. The molecule has 0 bridgehead atoms. The zero-order valence-electron chi connectivity index (χ0n) is 14.0. The summed E-state index contributed by atoms with van der Waals surface area (Å²) in [4.78, 5) is 14.5. The van der Waals surface area contributed by atoms with Crippen LogP contribution < -0.4 is 5.32 Å². The zero-order valence-corrected chi connectivity index (χ0v) is 14.0. The molecule has 124 valence electrons. The van der Waals surface area contributed by atoms with Gasteiger partial charge in [-0.15, -0.1) is 0 Å². The molecule has 1 fully saturated rings. The number of hydrogen-bond acceptors (Lipinski definition) is 5. The topological polar surface area (TPSA) is 67.6 Å². The van der Waals surface area contributed by atoms with Gasteiger partial charge in [0, 0.05) is 31.7 Å². The molecular formula is C16H27N3O3. The average molecular weight is 309 g/mol. The molecule has 1 aliphatic heterocycles. The Morgan fingerprint density at radius 3 is 2.86 bits per heavy atom. The van der Waals surface area contributed by atoms with Gasteiger partial charge in [-0.25, -0.2) is 0 Å². The highest BCUT2D eigenvalue weighted by Crippen LogP contribution is 2.13. The van der Waals surface area contributed by atoms with E-state index < -0.39 is 0 Å². The number of aromatic nitrogens is 1. The number of morpholine rings is 1. The van der Waals surface area contributed by atoms with Crippen LogP contribution >= 0.6 is 0 Å². The van der Waals surface area contributed by atoms with E-state index in [1.54, 1.807) is 0 Å². The van der Waals surface area contributed by atoms with Gasteiger partial charge < -0.3 is 14.6 Å². The lowest BCUT2D eigenvalue weighted by Gasteiger charge is -2.33. The molecule has 0 radical (unpaired) electrons. The van der Waals surface area contributed by atoms with E-state index in [1.165, 1.54) is 0 Å². The molecule has 0 spiro atoms. The van der Waals surface area contributed by atoms with Gasteiger partial charge in [0.1, 0.15) is 5.76 Å². The summed E-state index contributed by atoms with van der Waals surface area (Å²) in [7, 11) is 0. The number of amides is 1. The molecule has 1 N–H and O–H groups in total. The molecule has 22 heavy (non-hydrogen) atoms. The third-order valence-electron chi connectivity index (χ3n) is 3.89. The van der Waals surface area contributed by atoms with Gasteiger partial charge >= 0.3 is 0 Å². The predicted octanol–water partition coefficient (Wildman–Crippen LogP) is 1.31. The fourth-order valence-corrected chi connectivity index (χ4v) is 2.79. The Kier molecular flexibility index (Phi) is 5.97. The molecule has 1 unspecified atom stereocenters. The summed E-state index contributed by atoms with van der Waals surface area (Å²) in [5, 5.41) is 6.83. The molecule has 1 saturated heterocycles. The van der Waals surface area contributed by atoms with Gasteiger partial charge in [-0.05, 0) is 19.8 Å². The Balaban J connectivity index is 1.76. The number of carbonyl (C=O) groups is 1. The zero-order chi connectivity index (χ0) is 16.1. The maximum atomic E-state index is 12.1. The standard InChI is InChI=1S/C16H27N3O3/c1-11(2)9-19-5-6-21-14(10-19)8-17-16(20)7-15-12(3)18-22-13(15)4/h11,14H,5-10H2,1-4H3,(H,17,20). The minimum Gasteiger partial charge on any atom is -0.374 e. The monoisotopic (exact) mass is 309 g/mol. The van der Waals surface area contributed by atoms with Crippen LogP contribution in [0.2, 0.25) is 0 Å². The van der Waals surface area contributed by atoms with E-state index in [4.69, 9.17) is 9.26 Å². The van der Waals surface area contributed by atoms with Gasteiger partial charge in [0.05, 0.1) is 24.8 Å². The smallest absolute Gasteiger partial charge is 0.224 e. The normalized spacial score (nSPS) is 19.6. The molecular weight excluding hydrogens is 282 g/mol. The van der Waals surface area contributed by atoms with Gasteiger partial charge in [0.2, 0.25) is 5.91 Å². The first-order valence-electron chi connectivity index (χ1n) is 7.98. The summed E-state index contributed by atoms with van der Waals surface area (Å²) < 4.78 is 10.8. The molecule has 2 heterocycles. The van der Waals surface area contributed by atoms with E-state index in [0.717, 1.165) is 37.5 Å². The SMILES string of the molecule is Cc1noc(C)c1CC(=O)NCC1CN(CC(C)C)CCO1. The van der Waals surface area contributed by atoms with Gasteiger partial charge in [-0.2, -0.15) is 0 Å². The number of carbonyl (C=O) groups excluding carboxylic acids is 1. The van der Waals surface area contributed by atoms with Crippen molar-refractivity contribution in [1.82, 2.24) is 15.4 Å². The van der Waals surface area contributed by atoms with Crippen molar-refractivity contribution in [3.8, 4) is 0 Å². The molecule has 6 heteroatoms. The van der Waals surface area contributed by atoms with Crippen molar-refractivity contribution in [1.29, 1.82) is 0 Å². The number of hydrogen-bond donors (Lipinski definition) is 1. The lowest BCUT2D eigenvalue weighted by molar-refractivity contribution is -0.121. The van der Waals surface area contributed by atoms with E-state index in [2.05, 4.69) is 29.2 Å². The van der Waals surface area contributed by atoms with Crippen molar-refractivity contribution in [2.75, 3.05) is 32.8 Å². The Bertz CT molecular complexity index is 479. The Morgan fingerprint density at radius 2 is 2.23 bits per heavy atom. The van der Waals surface area contributed by atoms with Crippen LogP contribution in [0.15, 0.2) is 4.52 Å². The molecule has 0 aromatic carbocycles. The Labute approximate surface area is 132 Å². The van der Waals surface area contributed by atoms with Crippen molar-refractivity contribution in [2.24, 2.45) is 5.92 Å². The first-order valence-corrected chi connectivity index (χ1v) is 7.98. The number of ether oxygens (including phenoxy) is 1. The van der Waals surface area contributed by atoms with Crippen LogP contribution in [0.4, 0.5) is 0 Å². The number of rotatable bonds is 6. The van der Waals surface area contributed by atoms with Gasteiger partial charge in [-0.1, -0.05) is 19.0 Å². The molecule has 1 aromatic rings. The van der Waals surface area contributed by atoms with Crippen molar-refractivity contribution >= 4 is 5.91 Å². The maximum absolute atomic E-state index is 12.1. The number of nitrogens with zero attached hydrogens (tertiary/aromatic N) is 2. The summed E-state index contributed by atoms with van der Waals surface area (Å²) >= 11 is 0. The van der Waals surface area contributed by atoms with E-state index in [9.17, 15) is 4.79 Å². The van der Waals surface area contributed by atoms with Crippen LogP contribution in [-0.2, 0) is 16.0 Å². The van der Waals surface area contributed by atoms with Gasteiger partial charge in [0.25, 0.3) is 0 Å². The van der Waals surface area contributed by atoms with Crippen LogP contribution in [0.25, 0.3) is 0 Å². The van der Waals surface area contributed by atoms with Crippen LogP contribution in [0.1, 0.15) is 30.9 Å². The second-order valence-corrected chi connectivity index (χ2v) is 6.43. The van der Waals surface area contributed by atoms with Crippen LogP contribution in [0.3, 0.4) is 0 Å². The highest BCUT2D eigenvalue weighted by Gasteiger charge is 2.22. The number of aryl methyl sites for hydroxylation is 2. The summed E-state index contributed by atoms with van der Waals surface area (Å²) in [6, 6.07) is 0. The molecule has 0 aliphatic carbocycles. The molecule has 2 rings (SSSR count). The van der Waals surface area contributed by atoms with E-state index in [0.29, 0.717) is 24.6 Å². The quantitative estimate of drug-likeness (QED) is 0.858. The lowest BCUT2D eigenvalue weighted by atomic mass is 10.1. The van der Waals surface area contributed by atoms with Crippen LogP contribution in [-0.4, -0.2) is 54.9 Å². The summed E-state index contributed by atoms with van der Waals surface area (Å²) in [5.74, 6) is 1.34. The highest BCUT2D eigenvalue weighted by atomic mass is 16.5. The van der Waals surface area contributed by atoms with Crippen molar-refractivity contribution < 1.29 is 14.1 Å². The largest absolute Gasteiger partial charge is 0.374 e. The van der Waals surface area contributed by atoms with E-state index in [1.807, 2.05) is 13.8 Å². The van der Waals surface area contributed by atoms with Crippen molar-refractivity contribution in [2.45, 2.75) is 40.2 Å². The molecule has 1 atom stereocenters. The number of nitrogens with one attached hydrogen (secondary N) is 1. The average Bonchev–Trinajstić information content (AvgIpc) is 2.77. The van der Waals surface area contributed by atoms with E-state index in [-0.39, 0.29) is 12.0 Å². The highest BCUT2D eigenvalue weighted by molar-refractivity contribution is 5.79. The van der Waals surface area contributed by atoms with Crippen molar-refractivity contribution in [3.63, 3.8) is 0 Å². The third-order valence-corrected chi connectivity index (χ3v) is 3.89. The first-order chi connectivity index (χ1) is 10.5. The molecule has 1 amide bonds. The minimum atomic E-state index is -0.0148. The molecule has 1 aromatic heterocycles. The van der Waals surface area contributed by atoms with Gasteiger partial charge in [-0.3, -0.25) is 9.69 Å². The molecule has 1 aliphatic rings. The second-order valence-electron chi connectivity index (χ2n) is 6.43. The van der Waals surface area contributed by atoms with Crippen LogP contribution in [0, 0.1) is 19.8 Å². The Morgan fingerprint density at radius 1 is 1.45 bits per heavy atom. The lowest BCUT2D eigenvalue weighted by Crippen LogP contribution is -2.48. The van der Waals surface area contributed by atoms with Crippen molar-refractivity contribution in [3.05, 3.63) is 17.0 Å². The molecule has 6 nitrogen and oxygen atoms in total. The van der Waals surface area contributed by atoms with Gasteiger partial charge in [0.15, 0.2) is 0 Å². The first kappa shape index (κ1) is 17.0. The minimum absolute atomic E-state index is 0.0148. The summed E-state index contributed by atoms with van der Waals surface area (Å²) in [6.45, 7) is 12.3. The van der Waals surface area contributed by atoms with E-state index >= 15 is 0 Å². The third kappa shape index (κ3) is 4.81. The predicted molar refractivity (Wildman–Crippen MR) is 83.7 cm³/mol. The fourth-order valence-electron chi connectivity index (χ4n) is 2.79. The maximum Gasteiger partial charge on any atom is 0.224 e. The molecule has 0 saturated carbocycles. The van der Waals surface area contributed by atoms with Crippen LogP contribution in [0.5, 0.6) is 0 Å².